The fourth-order valence-electron chi connectivity index (χ4n) is 3.16. The van der Waals surface area contributed by atoms with Crippen LogP contribution in [0.3, 0.4) is 0 Å². The van der Waals surface area contributed by atoms with Gasteiger partial charge in [-0.25, -0.2) is 9.59 Å². The molecular formula is C17H17Cl2N3O4S. The van der Waals surface area contributed by atoms with Gasteiger partial charge in [0.15, 0.2) is 0 Å². The van der Waals surface area contributed by atoms with Gasteiger partial charge in [0.25, 0.3) is 0 Å². The maximum atomic E-state index is 12.3. The van der Waals surface area contributed by atoms with Crippen LogP contribution in [0, 0.1) is 0 Å². The first kappa shape index (κ1) is 19.9. The van der Waals surface area contributed by atoms with Crippen LogP contribution >= 0.6 is 35.0 Å². The Kier molecular flexibility index (Phi) is 5.33. The summed E-state index contributed by atoms with van der Waals surface area (Å²) in [5.74, 6) is -1.44. The Bertz CT molecular complexity index is 845. The van der Waals surface area contributed by atoms with Crippen LogP contribution in [-0.2, 0) is 9.59 Å². The number of β-lactam (4-membered cyclic amide) rings is 1. The molecule has 0 aliphatic carbocycles. The van der Waals surface area contributed by atoms with Crippen LogP contribution in [0.5, 0.6) is 0 Å². The second-order valence-corrected chi connectivity index (χ2v) is 9.29. The number of rotatable bonds is 4. The maximum absolute atomic E-state index is 12.3. The molecule has 1 aromatic carbocycles. The molecule has 3 rings (SSSR count). The molecule has 1 aromatic rings. The van der Waals surface area contributed by atoms with Crippen molar-refractivity contribution in [3.05, 3.63) is 40.0 Å². The molecule has 144 valence electrons. The largest absolute Gasteiger partial charge is 0.480 e. The molecule has 27 heavy (non-hydrogen) atoms. The van der Waals surface area contributed by atoms with Gasteiger partial charge in [-0.05, 0) is 37.6 Å². The van der Waals surface area contributed by atoms with E-state index in [9.17, 15) is 19.5 Å². The minimum atomic E-state index is -1.05. The highest BCUT2D eigenvalue weighted by atomic mass is 35.5. The topological polar surface area (TPSA) is 98.7 Å². The zero-order chi connectivity index (χ0) is 19.9. The van der Waals surface area contributed by atoms with Gasteiger partial charge in [0.05, 0.1) is 10.0 Å². The van der Waals surface area contributed by atoms with Crippen LogP contribution in [0.15, 0.2) is 24.4 Å². The molecule has 10 heteroatoms. The van der Waals surface area contributed by atoms with Gasteiger partial charge >= 0.3 is 12.0 Å². The first-order valence-corrected chi connectivity index (χ1v) is 9.67. The molecule has 2 unspecified atom stereocenters. The van der Waals surface area contributed by atoms with Gasteiger partial charge in [-0.2, -0.15) is 0 Å². The van der Waals surface area contributed by atoms with Gasteiger partial charge < -0.3 is 20.6 Å². The van der Waals surface area contributed by atoms with Crippen molar-refractivity contribution in [3.63, 3.8) is 0 Å². The van der Waals surface area contributed by atoms with E-state index in [4.69, 9.17) is 23.2 Å². The van der Waals surface area contributed by atoms with Crippen molar-refractivity contribution in [2.75, 3.05) is 0 Å². The van der Waals surface area contributed by atoms with Gasteiger partial charge in [-0.3, -0.25) is 4.79 Å². The predicted molar refractivity (Wildman–Crippen MR) is 105 cm³/mol. The molecular weight excluding hydrogens is 413 g/mol. The number of nitrogens with zero attached hydrogens (tertiary/aromatic N) is 1. The minimum absolute atomic E-state index is 0.390. The fourth-order valence-corrected chi connectivity index (χ4v) is 5.09. The third-order valence-corrected chi connectivity index (χ3v) is 6.71. The molecule has 2 aliphatic heterocycles. The van der Waals surface area contributed by atoms with E-state index in [0.717, 1.165) is 5.56 Å². The van der Waals surface area contributed by atoms with Crippen molar-refractivity contribution in [2.45, 2.75) is 36.1 Å². The van der Waals surface area contributed by atoms with E-state index in [-0.39, 0.29) is 0 Å². The van der Waals surface area contributed by atoms with Crippen LogP contribution in [-0.4, -0.2) is 50.1 Å². The summed E-state index contributed by atoms with van der Waals surface area (Å²) >= 11 is 13.1. The Hall–Kier alpha value is -1.90. The Labute approximate surface area is 170 Å². The van der Waals surface area contributed by atoms with Gasteiger partial charge in [-0.15, -0.1) is 11.8 Å². The first-order valence-electron chi connectivity index (χ1n) is 8.03. The number of benzene rings is 1. The normalized spacial score (nSPS) is 25.9. The molecule has 3 N–H and O–H groups in total. The number of carboxylic acid groups (broad SMARTS) is 1. The number of fused-ring (bicyclic) bond motifs is 1. The van der Waals surface area contributed by atoms with Gasteiger partial charge in [-0.1, -0.05) is 29.3 Å². The zero-order valence-electron chi connectivity index (χ0n) is 14.4. The summed E-state index contributed by atoms with van der Waals surface area (Å²) < 4.78 is -0.632. The number of carboxylic acids is 1. The summed E-state index contributed by atoms with van der Waals surface area (Å²) in [6.07, 6.45) is 3.05. The van der Waals surface area contributed by atoms with Crippen LogP contribution in [0.4, 0.5) is 4.79 Å². The molecule has 0 spiro atoms. The monoisotopic (exact) mass is 429 g/mol. The first-order chi connectivity index (χ1) is 12.6. The number of thioether (sulfide) groups is 1. The average molecular weight is 430 g/mol. The zero-order valence-corrected chi connectivity index (χ0v) is 16.7. The summed E-state index contributed by atoms with van der Waals surface area (Å²) in [6, 6.07) is 2.81. The summed E-state index contributed by atoms with van der Waals surface area (Å²) in [4.78, 5) is 37.2. The van der Waals surface area contributed by atoms with E-state index in [1.165, 1.54) is 22.9 Å². The predicted octanol–water partition coefficient (Wildman–Crippen LogP) is 2.78. The lowest BCUT2D eigenvalue weighted by atomic mass is 9.96. The Balaban J connectivity index is 1.58. The van der Waals surface area contributed by atoms with Gasteiger partial charge in [0.1, 0.15) is 17.5 Å². The second kappa shape index (κ2) is 7.26. The summed E-state index contributed by atoms with van der Waals surface area (Å²) in [5, 5.41) is 14.9. The smallest absolute Gasteiger partial charge is 0.327 e. The average Bonchev–Trinajstić information content (AvgIpc) is 2.84. The highest BCUT2D eigenvalue weighted by Gasteiger charge is 2.64. The summed E-state index contributed by atoms with van der Waals surface area (Å²) in [6.45, 7) is 3.55. The molecule has 7 nitrogen and oxygen atoms in total. The fraction of sp³-hybridized carbons (Fsp3) is 0.353. The Morgan fingerprint density at radius 1 is 1.30 bits per heavy atom. The third-order valence-electron chi connectivity index (χ3n) is 4.40. The lowest BCUT2D eigenvalue weighted by Crippen LogP contribution is -2.71. The number of carbonyl (C=O) groups is 3. The lowest BCUT2D eigenvalue weighted by Gasteiger charge is -2.43. The van der Waals surface area contributed by atoms with E-state index in [0.29, 0.717) is 10.0 Å². The van der Waals surface area contributed by atoms with Gasteiger partial charge in [0.2, 0.25) is 5.91 Å². The van der Waals surface area contributed by atoms with E-state index >= 15 is 0 Å². The quantitative estimate of drug-likeness (QED) is 0.639. The molecule has 2 saturated heterocycles. The number of aliphatic carboxylic acids is 1. The van der Waals surface area contributed by atoms with Crippen molar-refractivity contribution in [3.8, 4) is 0 Å². The number of urea groups is 1. The lowest BCUT2D eigenvalue weighted by molar-refractivity contribution is -0.159. The number of halogens is 2. The molecule has 3 amide bonds. The molecule has 2 heterocycles. The van der Waals surface area contributed by atoms with Crippen LogP contribution in [0.1, 0.15) is 19.4 Å². The SMILES string of the molecule is CC1(C)SC2C(NC(=O)N/C=C/c3ccc(Cl)c(Cl)c3)C(=O)N2[C@H]1C(=O)O. The maximum Gasteiger partial charge on any atom is 0.327 e. The van der Waals surface area contributed by atoms with Crippen molar-refractivity contribution in [1.29, 1.82) is 0 Å². The minimum Gasteiger partial charge on any atom is -0.480 e. The number of carbonyl (C=O) groups excluding carboxylic acids is 2. The summed E-state index contributed by atoms with van der Waals surface area (Å²) in [7, 11) is 0. The standard InChI is InChI=1S/C17H17Cl2N3O4S/c1-17(2)12(15(24)25)22-13(23)11(14(22)27-17)21-16(26)20-6-5-8-3-4-9(18)10(19)7-8/h3-7,11-12,14H,1-2H3,(H,24,25)(H2,20,21,26)/b6-5+/t11?,12-,14?/m0/s1. The number of nitrogens with one attached hydrogen (secondary N) is 2. The van der Waals surface area contributed by atoms with Crippen LogP contribution < -0.4 is 10.6 Å². The van der Waals surface area contributed by atoms with Gasteiger partial charge in [0, 0.05) is 10.9 Å². The molecule has 3 atom stereocenters. The van der Waals surface area contributed by atoms with Crippen LogP contribution in [0.2, 0.25) is 10.0 Å². The van der Waals surface area contributed by atoms with Crippen LogP contribution in [0.25, 0.3) is 6.08 Å². The van der Waals surface area contributed by atoms with E-state index in [2.05, 4.69) is 10.6 Å². The Morgan fingerprint density at radius 3 is 2.63 bits per heavy atom. The van der Waals surface area contributed by atoms with E-state index in [1.54, 1.807) is 38.1 Å². The van der Waals surface area contributed by atoms with Crippen molar-refractivity contribution in [2.24, 2.45) is 0 Å². The van der Waals surface area contributed by atoms with E-state index < -0.39 is 40.1 Å². The highest BCUT2D eigenvalue weighted by molar-refractivity contribution is 8.01. The summed E-state index contributed by atoms with van der Waals surface area (Å²) in [5.41, 5.74) is 0.744. The van der Waals surface area contributed by atoms with Crippen molar-refractivity contribution >= 4 is 58.9 Å². The molecule has 0 aromatic heterocycles. The Morgan fingerprint density at radius 2 is 2.00 bits per heavy atom. The molecule has 0 bridgehead atoms. The van der Waals surface area contributed by atoms with Crippen molar-refractivity contribution in [1.82, 2.24) is 15.5 Å². The molecule has 2 aliphatic rings. The van der Waals surface area contributed by atoms with Crippen molar-refractivity contribution < 1.29 is 19.5 Å². The third kappa shape index (κ3) is 3.74. The highest BCUT2D eigenvalue weighted by Crippen LogP contribution is 2.50. The molecule has 2 fully saturated rings. The number of hydrogen-bond acceptors (Lipinski definition) is 4. The van der Waals surface area contributed by atoms with E-state index in [1.807, 2.05) is 0 Å². The molecule has 0 radical (unpaired) electrons. The number of amides is 3. The molecule has 0 saturated carbocycles. The number of hydrogen-bond donors (Lipinski definition) is 3. The second-order valence-electron chi connectivity index (χ2n) is 6.70.